The van der Waals surface area contributed by atoms with Crippen LogP contribution >= 0.6 is 23.5 Å². The molecule has 4 nitrogen and oxygen atoms in total. The maximum Gasteiger partial charge on any atom is 0.333 e. The summed E-state index contributed by atoms with van der Waals surface area (Å²) in [4.78, 5) is 7.77. The molecular formula is C56H36B2N4S2. The summed E-state index contributed by atoms with van der Waals surface area (Å²) in [7, 11) is 0. The zero-order valence-corrected chi connectivity index (χ0v) is 36.7. The summed E-state index contributed by atoms with van der Waals surface area (Å²) in [5.74, 6) is 0. The van der Waals surface area contributed by atoms with Crippen LogP contribution < -0.4 is 31.7 Å². The van der Waals surface area contributed by atoms with Gasteiger partial charge >= 0.3 is 13.7 Å². The van der Waals surface area contributed by atoms with Crippen LogP contribution in [0.2, 0.25) is 0 Å². The first-order chi connectivity index (χ1) is 31.7. The van der Waals surface area contributed by atoms with Crippen LogP contribution in [0.15, 0.2) is 192 Å². The Hall–Kier alpha value is -6.99. The second-order valence-electron chi connectivity index (χ2n) is 17.4. The molecule has 11 aromatic rings. The second-order valence-corrected chi connectivity index (χ2v) is 19.2. The molecule has 0 N–H and O–H groups in total. The average molecular weight is 851 g/mol. The van der Waals surface area contributed by atoms with Gasteiger partial charge in [-0.05, 0) is 106 Å². The van der Waals surface area contributed by atoms with Crippen molar-refractivity contribution in [3.05, 3.63) is 182 Å². The number of hydrogen-bond donors (Lipinski definition) is 0. The molecule has 64 heavy (non-hydrogen) atoms. The van der Waals surface area contributed by atoms with Gasteiger partial charge in [-0.3, -0.25) is 0 Å². The van der Waals surface area contributed by atoms with Crippen molar-refractivity contribution in [2.24, 2.45) is 0 Å². The molecule has 6 heterocycles. The van der Waals surface area contributed by atoms with Crippen molar-refractivity contribution in [3.8, 4) is 22.3 Å². The number of fused-ring (bicyclic) bond motifs is 16. The first kappa shape index (κ1) is 35.5. The minimum absolute atomic E-state index is 0.100. The van der Waals surface area contributed by atoms with E-state index in [1.54, 1.807) is 0 Å². The Morgan fingerprint density at radius 3 is 1.23 bits per heavy atom. The van der Waals surface area contributed by atoms with Gasteiger partial charge in [0.05, 0.1) is 11.4 Å². The molecule has 298 valence electrons. The number of nitrogens with zero attached hydrogens (tertiary/aromatic N) is 4. The highest BCUT2D eigenvalue weighted by molar-refractivity contribution is 7.98. The Morgan fingerprint density at radius 1 is 0.391 bits per heavy atom. The summed E-state index contributed by atoms with van der Waals surface area (Å²) >= 11 is 3.62. The van der Waals surface area contributed by atoms with Gasteiger partial charge in [0.15, 0.2) is 0 Å². The fourth-order valence-corrected chi connectivity index (χ4v) is 13.1. The van der Waals surface area contributed by atoms with E-state index in [2.05, 4.69) is 213 Å². The van der Waals surface area contributed by atoms with Crippen LogP contribution in [0.3, 0.4) is 0 Å². The maximum atomic E-state index is 2.71. The van der Waals surface area contributed by atoms with E-state index in [9.17, 15) is 0 Å². The fraction of sp³-hybridized carbons (Fsp3) is 0.0357. The number of anilines is 6. The molecule has 0 saturated carbocycles. The molecule has 4 aliphatic rings. The highest BCUT2D eigenvalue weighted by Crippen LogP contribution is 2.56. The van der Waals surface area contributed by atoms with Crippen LogP contribution in [0, 0.1) is 0 Å². The molecule has 0 amide bonds. The molecule has 4 aliphatic heterocycles. The SMILES string of the molecule is CSc1ccc2c(c1)N(c1ccccc1)c1c3c(c4c5c1N(c1ccccc1)c1cc(SC)ccc1B5n1c5ccccc5c5cccc-4c51)-c1cccc4c5ccccc5n(c14)B23. The number of aromatic nitrogens is 2. The lowest BCUT2D eigenvalue weighted by Crippen LogP contribution is -2.62. The van der Waals surface area contributed by atoms with Crippen LogP contribution in [-0.4, -0.2) is 35.2 Å². The summed E-state index contributed by atoms with van der Waals surface area (Å²) in [5.41, 5.74) is 23.0. The monoisotopic (exact) mass is 850 g/mol. The Kier molecular flexibility index (Phi) is 7.10. The molecule has 9 aromatic carbocycles. The minimum atomic E-state index is -0.100. The molecule has 8 heteroatoms. The van der Waals surface area contributed by atoms with Crippen LogP contribution in [0.4, 0.5) is 34.1 Å². The molecule has 2 aromatic heterocycles. The van der Waals surface area contributed by atoms with E-state index in [1.807, 2.05) is 23.5 Å². The van der Waals surface area contributed by atoms with Gasteiger partial charge in [-0.25, -0.2) is 0 Å². The molecule has 0 unspecified atom stereocenters. The summed E-state index contributed by atoms with van der Waals surface area (Å²) < 4.78 is 5.41. The Balaban J connectivity index is 1.25. The van der Waals surface area contributed by atoms with Gasteiger partial charge < -0.3 is 18.8 Å². The fourth-order valence-electron chi connectivity index (χ4n) is 12.3. The smallest absolute Gasteiger partial charge is 0.333 e. The highest BCUT2D eigenvalue weighted by atomic mass is 32.2. The molecule has 0 spiro atoms. The first-order valence-electron chi connectivity index (χ1n) is 22.1. The zero-order chi connectivity index (χ0) is 41.9. The lowest BCUT2D eigenvalue weighted by atomic mass is 9.40. The van der Waals surface area contributed by atoms with E-state index in [4.69, 9.17) is 0 Å². The van der Waals surface area contributed by atoms with Gasteiger partial charge in [0.1, 0.15) is 0 Å². The summed E-state index contributed by atoms with van der Waals surface area (Å²) in [6.45, 7) is -0.201. The van der Waals surface area contributed by atoms with Gasteiger partial charge in [-0.2, -0.15) is 0 Å². The maximum absolute atomic E-state index is 2.71. The van der Waals surface area contributed by atoms with E-state index >= 15 is 0 Å². The minimum Gasteiger partial charge on any atom is -0.375 e. The summed E-state index contributed by atoms with van der Waals surface area (Å²) in [5, 5.41) is 5.20. The number of thioether (sulfide) groups is 2. The third-order valence-electron chi connectivity index (χ3n) is 14.6. The van der Waals surface area contributed by atoms with Crippen molar-refractivity contribution in [1.29, 1.82) is 0 Å². The quantitative estimate of drug-likeness (QED) is 0.129. The van der Waals surface area contributed by atoms with Gasteiger partial charge in [-0.1, -0.05) is 121 Å². The van der Waals surface area contributed by atoms with Crippen LogP contribution in [0.1, 0.15) is 0 Å². The number of rotatable bonds is 4. The van der Waals surface area contributed by atoms with E-state index < -0.39 is 0 Å². The molecule has 0 radical (unpaired) electrons. The van der Waals surface area contributed by atoms with Gasteiger partial charge in [0, 0.05) is 87.3 Å². The Labute approximate surface area is 380 Å². The number of hydrogen-bond acceptors (Lipinski definition) is 4. The van der Waals surface area contributed by atoms with E-state index in [0.29, 0.717) is 0 Å². The average Bonchev–Trinajstić information content (AvgIpc) is 3.88. The van der Waals surface area contributed by atoms with Crippen LogP contribution in [-0.2, 0) is 0 Å². The molecule has 15 rings (SSSR count). The largest absolute Gasteiger partial charge is 0.375 e. The Bertz CT molecular complexity index is 3610. The van der Waals surface area contributed by atoms with Gasteiger partial charge in [0.25, 0.3) is 0 Å². The van der Waals surface area contributed by atoms with Crippen LogP contribution in [0.5, 0.6) is 0 Å². The normalized spacial score (nSPS) is 13.8. The van der Waals surface area contributed by atoms with Crippen molar-refractivity contribution in [1.82, 2.24) is 8.96 Å². The molecule has 0 saturated heterocycles. The van der Waals surface area contributed by atoms with Crippen molar-refractivity contribution in [2.75, 3.05) is 22.3 Å². The predicted molar refractivity (Wildman–Crippen MR) is 277 cm³/mol. The zero-order valence-electron chi connectivity index (χ0n) is 35.1. The van der Waals surface area contributed by atoms with Crippen LogP contribution in [0.25, 0.3) is 65.9 Å². The van der Waals surface area contributed by atoms with Gasteiger partial charge in [-0.15, -0.1) is 23.5 Å². The summed E-state index contributed by atoms with van der Waals surface area (Å²) in [6.07, 6.45) is 4.40. The van der Waals surface area contributed by atoms with E-state index in [0.717, 1.165) is 11.4 Å². The van der Waals surface area contributed by atoms with E-state index in [1.165, 1.54) is 120 Å². The van der Waals surface area contributed by atoms with Crippen molar-refractivity contribution >= 4 is 137 Å². The topological polar surface area (TPSA) is 16.3 Å². The first-order valence-corrected chi connectivity index (χ1v) is 24.5. The molecule has 0 aliphatic carbocycles. The summed E-state index contributed by atoms with van der Waals surface area (Å²) in [6, 6.07) is 69.1. The lowest BCUT2D eigenvalue weighted by Gasteiger charge is -2.48. The lowest BCUT2D eigenvalue weighted by molar-refractivity contribution is 1.20. The van der Waals surface area contributed by atoms with Crippen molar-refractivity contribution in [3.63, 3.8) is 0 Å². The molecule has 0 bridgehead atoms. The standard InChI is InChI=1S/C56H36B2N4S2/c1-63-35-27-29-43-47(31-35)59(33-15-5-3-6-16-33)55-51-49(41-23-13-21-39-37-19-9-11-25-45(37)61(53(39)41)57(43)51)50-42-24-14-22-40-38-20-10-12-26-46(38)62(54(40)42)58-44-30-28-36(64-2)32-48(44)60(56(55)52(50)58)34-17-7-4-8-18-34/h3-32H,1-2H3. The molecule has 0 fully saturated rings. The third-order valence-corrected chi connectivity index (χ3v) is 16.1. The van der Waals surface area contributed by atoms with Crippen molar-refractivity contribution in [2.45, 2.75) is 9.79 Å². The van der Waals surface area contributed by atoms with Crippen molar-refractivity contribution < 1.29 is 0 Å². The Morgan fingerprint density at radius 2 is 0.797 bits per heavy atom. The molecular weight excluding hydrogens is 814 g/mol. The second kappa shape index (κ2) is 12.8. The van der Waals surface area contributed by atoms with E-state index in [-0.39, 0.29) is 13.7 Å². The third kappa shape index (κ3) is 4.31. The number of benzene rings is 9. The highest BCUT2D eigenvalue weighted by Gasteiger charge is 2.52. The molecule has 0 atom stereocenters. The van der Waals surface area contributed by atoms with Gasteiger partial charge in [0.2, 0.25) is 0 Å². The predicted octanol–water partition coefficient (Wildman–Crippen LogP) is 12.2. The number of para-hydroxylation sites is 6.